The molecule has 1 aliphatic carbocycles. The van der Waals surface area contributed by atoms with E-state index in [0.717, 1.165) is 64.0 Å². The first-order chi connectivity index (χ1) is 12.2. The summed E-state index contributed by atoms with van der Waals surface area (Å²) in [5.74, 6) is 1.41. The lowest BCUT2D eigenvalue weighted by Crippen LogP contribution is -2.52. The average Bonchev–Trinajstić information content (AvgIpc) is 3.53. The van der Waals surface area contributed by atoms with Gasteiger partial charge in [-0.25, -0.2) is 4.98 Å². The summed E-state index contributed by atoms with van der Waals surface area (Å²) in [5, 5.41) is 8.86. The van der Waals surface area contributed by atoms with Crippen molar-refractivity contribution in [1.29, 1.82) is 5.26 Å². The number of carbonyl (C=O) groups excluding carboxylic acids is 1. The lowest BCUT2D eigenvalue weighted by molar-refractivity contribution is -0.138. The number of hydrogen-bond acceptors (Lipinski definition) is 5. The predicted octanol–water partition coefficient (Wildman–Crippen LogP) is 1.48. The van der Waals surface area contributed by atoms with Crippen molar-refractivity contribution in [3.8, 4) is 6.07 Å². The summed E-state index contributed by atoms with van der Waals surface area (Å²) >= 11 is 0. The molecule has 3 fully saturated rings. The van der Waals surface area contributed by atoms with Gasteiger partial charge in [-0.05, 0) is 37.8 Å². The lowest BCUT2D eigenvalue weighted by Gasteiger charge is -2.39. The van der Waals surface area contributed by atoms with Crippen molar-refractivity contribution in [2.45, 2.75) is 31.7 Å². The summed E-state index contributed by atoms with van der Waals surface area (Å²) < 4.78 is 0. The second kappa shape index (κ2) is 7.01. The van der Waals surface area contributed by atoms with Crippen molar-refractivity contribution >= 4 is 11.7 Å². The molecule has 3 heterocycles. The number of carbonyl (C=O) groups is 1. The molecule has 0 bridgehead atoms. The first-order valence-corrected chi connectivity index (χ1v) is 9.38. The van der Waals surface area contributed by atoms with Gasteiger partial charge in [0, 0.05) is 57.4 Å². The van der Waals surface area contributed by atoms with Gasteiger partial charge in [0.2, 0.25) is 5.91 Å². The van der Waals surface area contributed by atoms with Crippen molar-refractivity contribution in [3.05, 3.63) is 23.9 Å². The fraction of sp³-hybridized carbons (Fsp3) is 0.632. The van der Waals surface area contributed by atoms with E-state index < -0.39 is 0 Å². The van der Waals surface area contributed by atoms with Crippen LogP contribution < -0.4 is 4.90 Å². The van der Waals surface area contributed by atoms with Gasteiger partial charge in [0.05, 0.1) is 5.56 Å². The molecule has 0 unspecified atom stereocenters. The van der Waals surface area contributed by atoms with Crippen LogP contribution in [0.5, 0.6) is 0 Å². The van der Waals surface area contributed by atoms with Gasteiger partial charge in [-0.15, -0.1) is 0 Å². The van der Waals surface area contributed by atoms with E-state index in [0.29, 0.717) is 11.5 Å². The second-order valence-corrected chi connectivity index (χ2v) is 7.37. The minimum absolute atomic E-state index is 0.155. The van der Waals surface area contributed by atoms with Crippen LogP contribution in [-0.2, 0) is 4.79 Å². The van der Waals surface area contributed by atoms with Gasteiger partial charge in [0.25, 0.3) is 0 Å². The third kappa shape index (κ3) is 3.62. The first-order valence-electron chi connectivity index (χ1n) is 9.38. The third-order valence-electron chi connectivity index (χ3n) is 5.73. The molecule has 1 amide bonds. The van der Waals surface area contributed by atoms with E-state index in [1.54, 1.807) is 12.3 Å². The van der Waals surface area contributed by atoms with Gasteiger partial charge in [-0.1, -0.05) is 0 Å². The zero-order chi connectivity index (χ0) is 17.2. The number of hydrogen-bond donors (Lipinski definition) is 0. The molecule has 0 atom stereocenters. The maximum atomic E-state index is 12.8. The summed E-state index contributed by atoms with van der Waals surface area (Å²) in [6.45, 7) is 5.60. The highest BCUT2D eigenvalue weighted by atomic mass is 16.2. The van der Waals surface area contributed by atoms with Crippen molar-refractivity contribution in [1.82, 2.24) is 14.8 Å². The summed E-state index contributed by atoms with van der Waals surface area (Å²) in [7, 11) is 0. The van der Waals surface area contributed by atoms with Gasteiger partial charge in [0.1, 0.15) is 11.9 Å². The molecule has 1 saturated carbocycles. The van der Waals surface area contributed by atoms with Crippen LogP contribution in [0.2, 0.25) is 0 Å². The Morgan fingerprint density at radius 2 is 1.76 bits per heavy atom. The number of amides is 1. The van der Waals surface area contributed by atoms with Crippen LogP contribution in [0.25, 0.3) is 0 Å². The lowest BCUT2D eigenvalue weighted by atomic mass is 9.95. The van der Waals surface area contributed by atoms with Crippen LogP contribution in [0, 0.1) is 17.2 Å². The Morgan fingerprint density at radius 1 is 1.04 bits per heavy atom. The molecule has 3 aliphatic rings. The van der Waals surface area contributed by atoms with Crippen molar-refractivity contribution < 1.29 is 4.79 Å². The molecule has 0 N–H and O–H groups in total. The molecule has 6 heteroatoms. The topological polar surface area (TPSA) is 63.5 Å². The summed E-state index contributed by atoms with van der Waals surface area (Å²) in [6, 6.07) is 6.61. The number of anilines is 1. The molecule has 1 aromatic heterocycles. The molecule has 2 saturated heterocycles. The average molecular weight is 339 g/mol. The summed E-state index contributed by atoms with van der Waals surface area (Å²) in [5.41, 5.74) is 0.583. The summed E-state index contributed by atoms with van der Waals surface area (Å²) in [4.78, 5) is 24.0. The first kappa shape index (κ1) is 16.3. The van der Waals surface area contributed by atoms with Crippen LogP contribution in [0.4, 0.5) is 5.82 Å². The van der Waals surface area contributed by atoms with Crippen molar-refractivity contribution in [3.63, 3.8) is 0 Å². The van der Waals surface area contributed by atoms with Crippen LogP contribution >= 0.6 is 0 Å². The number of nitriles is 1. The molecule has 132 valence electrons. The maximum Gasteiger partial charge on any atom is 0.225 e. The molecule has 0 aromatic carbocycles. The Kier molecular flexibility index (Phi) is 4.58. The van der Waals surface area contributed by atoms with E-state index in [4.69, 9.17) is 5.26 Å². The predicted molar refractivity (Wildman–Crippen MR) is 95.1 cm³/mol. The van der Waals surface area contributed by atoms with Crippen LogP contribution in [-0.4, -0.2) is 66.0 Å². The second-order valence-electron chi connectivity index (χ2n) is 7.37. The molecule has 6 nitrogen and oxygen atoms in total. The highest BCUT2D eigenvalue weighted by molar-refractivity contribution is 5.79. The third-order valence-corrected chi connectivity index (χ3v) is 5.73. The minimum Gasteiger partial charge on any atom is -0.357 e. The highest BCUT2D eigenvalue weighted by Gasteiger charge is 2.34. The van der Waals surface area contributed by atoms with Gasteiger partial charge in [-0.3, -0.25) is 9.69 Å². The number of piperidine rings is 1. The molecule has 25 heavy (non-hydrogen) atoms. The van der Waals surface area contributed by atoms with E-state index >= 15 is 0 Å². The highest BCUT2D eigenvalue weighted by Crippen LogP contribution is 2.28. The quantitative estimate of drug-likeness (QED) is 0.835. The monoisotopic (exact) mass is 339 g/mol. The van der Waals surface area contributed by atoms with Crippen LogP contribution in [0.1, 0.15) is 31.2 Å². The summed E-state index contributed by atoms with van der Waals surface area (Å²) in [6.07, 6.45) is 6.09. The molecular formula is C19H25N5O. The minimum atomic E-state index is 0.155. The zero-order valence-corrected chi connectivity index (χ0v) is 14.6. The molecular weight excluding hydrogens is 314 g/mol. The molecule has 2 aliphatic heterocycles. The number of piperazine rings is 1. The molecule has 1 aromatic rings. The van der Waals surface area contributed by atoms with Gasteiger partial charge in [-0.2, -0.15) is 5.26 Å². The largest absolute Gasteiger partial charge is 0.357 e. The molecule has 0 spiro atoms. The Bertz CT molecular complexity index is 647. The standard InChI is InChI=1S/C19H25N5O/c20-13-15-1-4-18(21-14-15)23-7-5-16(6-8-23)19(25)24-11-9-22(10-12-24)17-2-3-17/h1,4,14,16-17H,2-3,5-12H2. The Balaban J connectivity index is 1.27. The molecule has 4 rings (SSSR count). The maximum absolute atomic E-state index is 12.8. The van der Waals surface area contributed by atoms with Crippen LogP contribution in [0.3, 0.4) is 0 Å². The SMILES string of the molecule is N#Cc1ccc(N2CCC(C(=O)N3CCN(C4CC4)CC3)CC2)nc1. The smallest absolute Gasteiger partial charge is 0.225 e. The van der Waals surface area contributed by atoms with Crippen molar-refractivity contribution in [2.75, 3.05) is 44.2 Å². The number of nitrogens with zero attached hydrogens (tertiary/aromatic N) is 5. The number of pyridine rings is 1. The van der Waals surface area contributed by atoms with Gasteiger partial charge < -0.3 is 9.80 Å². The van der Waals surface area contributed by atoms with E-state index in [1.807, 2.05) is 6.07 Å². The van der Waals surface area contributed by atoms with Gasteiger partial charge in [0.15, 0.2) is 0 Å². The number of aromatic nitrogens is 1. The van der Waals surface area contributed by atoms with E-state index in [2.05, 4.69) is 25.8 Å². The normalized spacial score (nSPS) is 22.7. The Morgan fingerprint density at radius 3 is 2.32 bits per heavy atom. The molecule has 0 radical (unpaired) electrons. The van der Waals surface area contributed by atoms with Gasteiger partial charge >= 0.3 is 0 Å². The van der Waals surface area contributed by atoms with Crippen molar-refractivity contribution in [2.24, 2.45) is 5.92 Å². The van der Waals surface area contributed by atoms with Crippen LogP contribution in [0.15, 0.2) is 18.3 Å². The fourth-order valence-corrected chi connectivity index (χ4v) is 4.00. The Labute approximate surface area is 149 Å². The zero-order valence-electron chi connectivity index (χ0n) is 14.6. The Hall–Kier alpha value is -2.13. The van der Waals surface area contributed by atoms with E-state index in [1.165, 1.54) is 12.8 Å². The number of rotatable bonds is 3. The van der Waals surface area contributed by atoms with E-state index in [-0.39, 0.29) is 5.92 Å². The van der Waals surface area contributed by atoms with E-state index in [9.17, 15) is 4.79 Å². The fourth-order valence-electron chi connectivity index (χ4n) is 4.00.